The molecule has 3 aromatic rings. The Morgan fingerprint density at radius 2 is 1.79 bits per heavy atom. The van der Waals surface area contributed by atoms with E-state index in [-0.39, 0.29) is 27.4 Å². The third kappa shape index (κ3) is 3.82. The molecule has 1 amide bonds. The second-order valence-electron chi connectivity index (χ2n) is 7.37. The Hall–Kier alpha value is -3.78. The van der Waals surface area contributed by atoms with Crippen LogP contribution in [-0.4, -0.2) is 22.1 Å². The number of benzene rings is 3. The number of amides is 1. The molecule has 0 aliphatic carbocycles. The lowest BCUT2D eigenvalue weighted by atomic mass is 9.97. The van der Waals surface area contributed by atoms with Crippen LogP contribution in [0.15, 0.2) is 54.6 Å². The Labute approximate surface area is 191 Å². The number of rotatable bonds is 3. The van der Waals surface area contributed by atoms with E-state index in [1.165, 1.54) is 23.1 Å². The highest BCUT2D eigenvalue weighted by Gasteiger charge is 2.37. The van der Waals surface area contributed by atoms with Crippen molar-refractivity contribution in [3.05, 3.63) is 87.4 Å². The van der Waals surface area contributed by atoms with E-state index in [1.807, 2.05) is 0 Å². The zero-order valence-corrected chi connectivity index (χ0v) is 17.7. The predicted molar refractivity (Wildman–Crippen MR) is 118 cm³/mol. The monoisotopic (exact) mass is 473 g/mol. The molecule has 1 aliphatic rings. The third-order valence-electron chi connectivity index (χ3n) is 5.31. The molecule has 9 heteroatoms. The molecule has 168 valence electrons. The molecule has 0 bridgehead atoms. The Kier molecular flexibility index (Phi) is 5.41. The van der Waals surface area contributed by atoms with Crippen molar-refractivity contribution in [2.45, 2.75) is 13.1 Å². The molecule has 5 nitrogen and oxygen atoms in total. The predicted octanol–water partition coefficient (Wildman–Crippen LogP) is 6.29. The number of alkyl halides is 3. The van der Waals surface area contributed by atoms with Gasteiger partial charge in [0.2, 0.25) is 0 Å². The highest BCUT2D eigenvalue weighted by Crippen LogP contribution is 2.46. The molecule has 0 atom stereocenters. The van der Waals surface area contributed by atoms with Gasteiger partial charge in [0.05, 0.1) is 22.5 Å². The molecule has 1 aliphatic heterocycles. The van der Waals surface area contributed by atoms with Crippen LogP contribution in [0.4, 0.5) is 24.5 Å². The number of aryl methyl sites for hydroxylation is 1. The molecule has 33 heavy (non-hydrogen) atoms. The number of carboxylic acid groups (broad SMARTS) is 1. The van der Waals surface area contributed by atoms with Crippen LogP contribution < -0.4 is 4.90 Å². The van der Waals surface area contributed by atoms with Gasteiger partial charge in [-0.25, -0.2) is 4.79 Å². The molecule has 1 heterocycles. The summed E-state index contributed by atoms with van der Waals surface area (Å²) in [5, 5.41) is 19.1. The molecular weight excluding hydrogens is 459 g/mol. The van der Waals surface area contributed by atoms with Gasteiger partial charge in [0.25, 0.3) is 5.91 Å². The van der Waals surface area contributed by atoms with Crippen molar-refractivity contribution in [2.75, 3.05) is 4.90 Å². The van der Waals surface area contributed by atoms with Gasteiger partial charge in [0.15, 0.2) is 0 Å². The van der Waals surface area contributed by atoms with E-state index in [9.17, 15) is 27.9 Å². The van der Waals surface area contributed by atoms with E-state index in [4.69, 9.17) is 16.7 Å². The van der Waals surface area contributed by atoms with E-state index in [0.29, 0.717) is 16.8 Å². The number of nitrogens with zero attached hydrogens (tertiary/aromatic N) is 1. The lowest BCUT2D eigenvalue weighted by Gasteiger charge is -2.18. The van der Waals surface area contributed by atoms with Crippen molar-refractivity contribution in [3.63, 3.8) is 0 Å². The second kappa shape index (κ2) is 7.97. The van der Waals surface area contributed by atoms with Gasteiger partial charge in [0.1, 0.15) is 11.3 Å². The minimum absolute atomic E-state index is 0.0106. The average Bonchev–Trinajstić information content (AvgIpc) is 3.01. The fourth-order valence-corrected chi connectivity index (χ4v) is 4.06. The fourth-order valence-electron chi connectivity index (χ4n) is 3.83. The van der Waals surface area contributed by atoms with Crippen LogP contribution in [0.5, 0.6) is 5.75 Å². The summed E-state index contributed by atoms with van der Waals surface area (Å²) in [5.74, 6) is -2.54. The van der Waals surface area contributed by atoms with E-state index >= 15 is 0 Å². The fraction of sp³-hybridized carbons (Fsp3) is 0.0833. The Morgan fingerprint density at radius 1 is 1.09 bits per heavy atom. The Bertz CT molecular complexity index is 1350. The quantitative estimate of drug-likeness (QED) is 0.438. The van der Waals surface area contributed by atoms with Gasteiger partial charge in [-0.1, -0.05) is 29.8 Å². The highest BCUT2D eigenvalue weighted by molar-refractivity contribution is 6.39. The Balaban J connectivity index is 1.94. The lowest BCUT2D eigenvalue weighted by Crippen LogP contribution is -2.20. The maximum absolute atomic E-state index is 13.6. The first kappa shape index (κ1) is 22.4. The van der Waals surface area contributed by atoms with Crippen LogP contribution in [0.2, 0.25) is 5.02 Å². The SMILES string of the molecule is Cc1cccc2c1C(=Cc1c(Cl)cccc1C(F)(F)F)C(=O)N2c1ccc(C(=O)O)c(O)c1. The molecule has 0 unspecified atom stereocenters. The highest BCUT2D eigenvalue weighted by atomic mass is 35.5. The normalized spacial score (nSPS) is 14.6. The van der Waals surface area contributed by atoms with Crippen molar-refractivity contribution >= 4 is 46.5 Å². The average molecular weight is 474 g/mol. The van der Waals surface area contributed by atoms with Crippen LogP contribution in [0.3, 0.4) is 0 Å². The van der Waals surface area contributed by atoms with Crippen molar-refractivity contribution in [1.29, 1.82) is 0 Å². The van der Waals surface area contributed by atoms with Crippen molar-refractivity contribution in [3.8, 4) is 5.75 Å². The van der Waals surface area contributed by atoms with Gasteiger partial charge in [-0.2, -0.15) is 13.2 Å². The van der Waals surface area contributed by atoms with E-state index in [0.717, 1.165) is 24.3 Å². The van der Waals surface area contributed by atoms with Crippen LogP contribution in [0.1, 0.15) is 32.6 Å². The van der Waals surface area contributed by atoms with Gasteiger partial charge >= 0.3 is 12.1 Å². The van der Waals surface area contributed by atoms with Crippen LogP contribution in [-0.2, 0) is 11.0 Å². The summed E-state index contributed by atoms with van der Waals surface area (Å²) in [4.78, 5) is 25.9. The van der Waals surface area contributed by atoms with Gasteiger partial charge in [0, 0.05) is 22.2 Å². The van der Waals surface area contributed by atoms with Gasteiger partial charge < -0.3 is 10.2 Å². The summed E-state index contributed by atoms with van der Waals surface area (Å²) in [6.45, 7) is 1.71. The molecule has 0 spiro atoms. The van der Waals surface area contributed by atoms with Gasteiger partial charge in [-0.3, -0.25) is 9.69 Å². The standard InChI is InChI=1S/C24H15ClF3NO4/c1-12-4-2-7-19-21(12)16(11-15-17(24(26,27)28)5-3-6-18(15)25)22(31)29(19)13-8-9-14(23(32)33)20(30)10-13/h2-11,30H,1H3,(H,32,33). The zero-order chi connectivity index (χ0) is 24.1. The van der Waals surface area contributed by atoms with E-state index in [1.54, 1.807) is 25.1 Å². The summed E-state index contributed by atoms with van der Waals surface area (Å²) in [6.07, 6.45) is -3.57. The molecular formula is C24H15ClF3NO4. The maximum atomic E-state index is 13.6. The topological polar surface area (TPSA) is 77.8 Å². The number of hydrogen-bond donors (Lipinski definition) is 2. The van der Waals surface area contributed by atoms with E-state index < -0.39 is 29.4 Å². The number of anilines is 2. The van der Waals surface area contributed by atoms with Gasteiger partial charge in [-0.15, -0.1) is 0 Å². The van der Waals surface area contributed by atoms with Crippen LogP contribution >= 0.6 is 11.6 Å². The Morgan fingerprint density at radius 3 is 2.42 bits per heavy atom. The first-order valence-electron chi connectivity index (χ1n) is 9.59. The third-order valence-corrected chi connectivity index (χ3v) is 5.64. The number of hydrogen-bond acceptors (Lipinski definition) is 3. The minimum Gasteiger partial charge on any atom is -0.507 e. The summed E-state index contributed by atoms with van der Waals surface area (Å²) in [5.41, 5.74) is -0.0799. The number of carbonyl (C=O) groups is 2. The molecule has 0 saturated heterocycles. The number of carbonyl (C=O) groups excluding carboxylic acids is 1. The minimum atomic E-state index is -4.69. The first-order chi connectivity index (χ1) is 15.5. The molecule has 0 fully saturated rings. The summed E-state index contributed by atoms with van der Waals surface area (Å²) in [7, 11) is 0. The second-order valence-corrected chi connectivity index (χ2v) is 7.78. The van der Waals surface area contributed by atoms with Gasteiger partial charge in [-0.05, 0) is 48.9 Å². The van der Waals surface area contributed by atoms with E-state index in [2.05, 4.69) is 0 Å². The molecule has 0 aromatic heterocycles. The van der Waals surface area contributed by atoms with Crippen LogP contribution in [0.25, 0.3) is 11.6 Å². The lowest BCUT2D eigenvalue weighted by molar-refractivity contribution is -0.137. The smallest absolute Gasteiger partial charge is 0.417 e. The first-order valence-corrected chi connectivity index (χ1v) is 9.96. The van der Waals surface area contributed by atoms with Crippen LogP contribution in [0, 0.1) is 6.92 Å². The molecule has 4 rings (SSSR count). The van der Waals surface area contributed by atoms with Crippen molar-refractivity contribution < 1.29 is 33.0 Å². The molecule has 0 radical (unpaired) electrons. The number of aromatic carboxylic acids is 1. The summed E-state index contributed by atoms with van der Waals surface area (Å²) >= 11 is 6.09. The van der Waals surface area contributed by atoms with Crippen molar-refractivity contribution in [1.82, 2.24) is 0 Å². The maximum Gasteiger partial charge on any atom is 0.417 e. The molecule has 2 N–H and O–H groups in total. The number of fused-ring (bicyclic) bond motifs is 1. The molecule has 3 aromatic carbocycles. The van der Waals surface area contributed by atoms with Crippen molar-refractivity contribution in [2.24, 2.45) is 0 Å². The summed E-state index contributed by atoms with van der Waals surface area (Å²) < 4.78 is 40.8. The summed E-state index contributed by atoms with van der Waals surface area (Å²) in [6, 6.07) is 12.0. The molecule has 0 saturated carbocycles. The largest absolute Gasteiger partial charge is 0.507 e. The number of halogens is 4. The zero-order valence-electron chi connectivity index (χ0n) is 16.9. The number of carboxylic acids is 1. The number of aromatic hydroxyl groups is 1. The number of phenols is 1.